The molecule has 1 aromatic heterocycles. The van der Waals surface area contributed by atoms with E-state index in [2.05, 4.69) is 10.1 Å². The van der Waals surface area contributed by atoms with Crippen molar-refractivity contribution in [3.05, 3.63) is 47.6 Å². The number of aliphatic carboxylic acids is 1. The van der Waals surface area contributed by atoms with Gasteiger partial charge < -0.3 is 14.4 Å². The maximum Gasteiger partial charge on any atom is 0.328 e. The monoisotopic (exact) mass is 288 g/mol. The second-order valence-corrected chi connectivity index (χ2v) is 4.73. The van der Waals surface area contributed by atoms with Crippen LogP contribution < -0.4 is 4.74 Å². The lowest BCUT2D eigenvalue weighted by atomic mass is 10.2. The first-order chi connectivity index (χ1) is 10.0. The summed E-state index contributed by atoms with van der Waals surface area (Å²) >= 11 is 0. The van der Waals surface area contributed by atoms with E-state index in [1.54, 1.807) is 24.3 Å². The van der Waals surface area contributed by atoms with E-state index in [9.17, 15) is 4.79 Å². The van der Waals surface area contributed by atoms with E-state index in [4.69, 9.17) is 14.4 Å². The summed E-state index contributed by atoms with van der Waals surface area (Å²) in [6, 6.07) is 7.03. The largest absolute Gasteiger partial charge is 0.484 e. The minimum absolute atomic E-state index is 0.198. The number of carboxylic acid groups (broad SMARTS) is 1. The van der Waals surface area contributed by atoms with E-state index in [-0.39, 0.29) is 12.5 Å². The minimum atomic E-state index is -0.979. The van der Waals surface area contributed by atoms with Crippen molar-refractivity contribution in [3.63, 3.8) is 0 Å². The summed E-state index contributed by atoms with van der Waals surface area (Å²) in [6.45, 7) is 4.17. The van der Waals surface area contributed by atoms with Crippen LogP contribution in [0.1, 0.15) is 37.0 Å². The Labute approximate surface area is 122 Å². The highest BCUT2D eigenvalue weighted by Gasteiger charge is 2.09. The van der Waals surface area contributed by atoms with Crippen LogP contribution in [0.3, 0.4) is 0 Å². The molecule has 0 saturated carbocycles. The Morgan fingerprint density at radius 3 is 2.67 bits per heavy atom. The zero-order valence-corrected chi connectivity index (χ0v) is 11.8. The maximum absolute atomic E-state index is 10.4. The number of hydrogen-bond acceptors (Lipinski definition) is 5. The van der Waals surface area contributed by atoms with Gasteiger partial charge >= 0.3 is 5.97 Å². The van der Waals surface area contributed by atoms with Crippen molar-refractivity contribution in [3.8, 4) is 5.75 Å². The molecule has 110 valence electrons. The number of rotatable bonds is 6. The molecular formula is C15H16N2O4. The minimum Gasteiger partial charge on any atom is -0.484 e. The third-order valence-corrected chi connectivity index (χ3v) is 2.66. The summed E-state index contributed by atoms with van der Waals surface area (Å²) in [4.78, 5) is 14.6. The van der Waals surface area contributed by atoms with Crippen molar-refractivity contribution in [2.24, 2.45) is 0 Å². The molecule has 0 aliphatic carbocycles. The molecule has 0 aliphatic rings. The summed E-state index contributed by atoms with van der Waals surface area (Å²) in [7, 11) is 0. The van der Waals surface area contributed by atoms with Crippen LogP contribution in [-0.4, -0.2) is 21.2 Å². The highest BCUT2D eigenvalue weighted by atomic mass is 16.5. The predicted molar refractivity (Wildman–Crippen MR) is 75.8 cm³/mol. The molecule has 0 aliphatic heterocycles. The molecule has 0 bridgehead atoms. The van der Waals surface area contributed by atoms with Crippen molar-refractivity contribution < 1.29 is 19.2 Å². The van der Waals surface area contributed by atoms with E-state index in [1.807, 2.05) is 13.8 Å². The van der Waals surface area contributed by atoms with Crippen LogP contribution in [0.4, 0.5) is 0 Å². The van der Waals surface area contributed by atoms with Crippen LogP contribution in [0, 0.1) is 0 Å². The average molecular weight is 288 g/mol. The zero-order valence-electron chi connectivity index (χ0n) is 11.8. The molecule has 0 radical (unpaired) electrons. The Hall–Kier alpha value is -2.63. The molecule has 0 fully saturated rings. The fourth-order valence-electron chi connectivity index (χ4n) is 1.55. The van der Waals surface area contributed by atoms with Gasteiger partial charge in [0.05, 0.1) is 0 Å². The van der Waals surface area contributed by atoms with Crippen LogP contribution in [0.15, 0.2) is 34.9 Å². The molecule has 0 spiro atoms. The van der Waals surface area contributed by atoms with Crippen LogP contribution in [-0.2, 0) is 11.4 Å². The maximum atomic E-state index is 10.4. The van der Waals surface area contributed by atoms with E-state index in [1.165, 1.54) is 6.08 Å². The molecule has 1 heterocycles. The summed E-state index contributed by atoms with van der Waals surface area (Å²) in [6.07, 6.45) is 2.60. The third kappa shape index (κ3) is 4.45. The molecule has 21 heavy (non-hydrogen) atoms. The molecule has 2 rings (SSSR count). The number of benzene rings is 1. The molecule has 0 unspecified atom stereocenters. The summed E-state index contributed by atoms with van der Waals surface area (Å²) in [5.74, 6) is 0.957. The van der Waals surface area contributed by atoms with Crippen LogP contribution in [0.2, 0.25) is 0 Å². The highest BCUT2D eigenvalue weighted by molar-refractivity contribution is 5.85. The molecule has 2 aromatic rings. The van der Waals surface area contributed by atoms with E-state index in [0.717, 1.165) is 11.6 Å². The molecular weight excluding hydrogens is 272 g/mol. The second-order valence-electron chi connectivity index (χ2n) is 4.73. The zero-order chi connectivity index (χ0) is 15.2. The van der Waals surface area contributed by atoms with Crippen molar-refractivity contribution >= 4 is 12.0 Å². The van der Waals surface area contributed by atoms with Crippen LogP contribution in [0.25, 0.3) is 6.08 Å². The molecule has 1 N–H and O–H groups in total. The van der Waals surface area contributed by atoms with Crippen molar-refractivity contribution in [2.45, 2.75) is 26.4 Å². The van der Waals surface area contributed by atoms with Gasteiger partial charge in [0.15, 0.2) is 12.4 Å². The Bertz CT molecular complexity index is 629. The van der Waals surface area contributed by atoms with E-state index < -0.39 is 5.97 Å². The first-order valence-electron chi connectivity index (χ1n) is 6.51. The van der Waals surface area contributed by atoms with Gasteiger partial charge in [-0.2, -0.15) is 4.98 Å². The lowest BCUT2D eigenvalue weighted by molar-refractivity contribution is -0.131. The average Bonchev–Trinajstić information content (AvgIpc) is 2.93. The van der Waals surface area contributed by atoms with E-state index >= 15 is 0 Å². The SMILES string of the molecule is CC(C)c1noc(COc2ccc(C=CC(=O)O)cc2)n1. The third-order valence-electron chi connectivity index (χ3n) is 2.66. The van der Waals surface area contributed by atoms with Gasteiger partial charge in [-0.25, -0.2) is 4.79 Å². The molecule has 0 amide bonds. The lowest BCUT2D eigenvalue weighted by Crippen LogP contribution is -1.97. The topological polar surface area (TPSA) is 85.5 Å². The Balaban J connectivity index is 1.92. The highest BCUT2D eigenvalue weighted by Crippen LogP contribution is 2.15. The van der Waals surface area contributed by atoms with Crippen molar-refractivity contribution in [1.82, 2.24) is 10.1 Å². The van der Waals surface area contributed by atoms with Crippen LogP contribution in [0.5, 0.6) is 5.75 Å². The number of carbonyl (C=O) groups is 1. The van der Waals surface area contributed by atoms with Gasteiger partial charge in [0.2, 0.25) is 0 Å². The first kappa shape index (κ1) is 14.8. The summed E-state index contributed by atoms with van der Waals surface area (Å²) in [5, 5.41) is 12.4. The molecule has 6 nitrogen and oxygen atoms in total. The number of hydrogen-bond donors (Lipinski definition) is 1. The van der Waals surface area contributed by atoms with Gasteiger partial charge in [0.1, 0.15) is 5.75 Å². The van der Waals surface area contributed by atoms with Gasteiger partial charge in [-0.1, -0.05) is 31.1 Å². The fraction of sp³-hybridized carbons (Fsp3) is 0.267. The Kier molecular flexibility index (Phi) is 4.71. The molecule has 0 saturated heterocycles. The molecule has 1 aromatic carbocycles. The van der Waals surface area contributed by atoms with Gasteiger partial charge in [-0.05, 0) is 23.8 Å². The Morgan fingerprint density at radius 2 is 2.10 bits per heavy atom. The predicted octanol–water partition coefficient (Wildman–Crippen LogP) is 2.87. The molecule has 6 heteroatoms. The Morgan fingerprint density at radius 1 is 1.38 bits per heavy atom. The molecule has 0 atom stereocenters. The number of aromatic nitrogens is 2. The standard InChI is InChI=1S/C15H16N2O4/c1-10(2)15-16-13(21-17-15)9-20-12-6-3-11(4-7-12)5-8-14(18)19/h3-8,10H,9H2,1-2H3,(H,18,19). The second kappa shape index (κ2) is 6.69. The lowest BCUT2D eigenvalue weighted by Gasteiger charge is -2.03. The van der Waals surface area contributed by atoms with Crippen molar-refractivity contribution in [2.75, 3.05) is 0 Å². The fourth-order valence-corrected chi connectivity index (χ4v) is 1.55. The number of nitrogens with zero attached hydrogens (tertiary/aromatic N) is 2. The quantitative estimate of drug-likeness (QED) is 0.823. The summed E-state index contributed by atoms with van der Waals surface area (Å²) in [5.41, 5.74) is 0.782. The number of carboxylic acids is 1. The summed E-state index contributed by atoms with van der Waals surface area (Å²) < 4.78 is 10.6. The van der Waals surface area contributed by atoms with Gasteiger partial charge in [0, 0.05) is 12.0 Å². The van der Waals surface area contributed by atoms with E-state index in [0.29, 0.717) is 17.5 Å². The van der Waals surface area contributed by atoms with Crippen LogP contribution >= 0.6 is 0 Å². The van der Waals surface area contributed by atoms with Crippen molar-refractivity contribution in [1.29, 1.82) is 0 Å². The van der Waals surface area contributed by atoms with Gasteiger partial charge in [-0.15, -0.1) is 0 Å². The number of ether oxygens (including phenoxy) is 1. The first-order valence-corrected chi connectivity index (χ1v) is 6.51. The van der Waals surface area contributed by atoms with Gasteiger partial charge in [0.25, 0.3) is 5.89 Å². The van der Waals surface area contributed by atoms with Gasteiger partial charge in [-0.3, -0.25) is 0 Å². The smallest absolute Gasteiger partial charge is 0.328 e. The normalized spacial score (nSPS) is 11.2.